The van der Waals surface area contributed by atoms with Crippen LogP contribution in [-0.4, -0.2) is 30.5 Å². The lowest BCUT2D eigenvalue weighted by Crippen LogP contribution is -2.30. The van der Waals surface area contributed by atoms with E-state index < -0.39 is 0 Å². The summed E-state index contributed by atoms with van der Waals surface area (Å²) in [5.74, 6) is 0.423. The Kier molecular flexibility index (Phi) is 4.08. The maximum Gasteiger partial charge on any atom is 0.271 e. The minimum Gasteiger partial charge on any atom is -0.341 e. The highest BCUT2D eigenvalue weighted by Gasteiger charge is 2.22. The van der Waals surface area contributed by atoms with Crippen molar-refractivity contribution in [3.63, 3.8) is 0 Å². The first-order valence-corrected chi connectivity index (χ1v) is 6.71. The molecule has 1 amide bonds. The second-order valence-corrected chi connectivity index (χ2v) is 4.88. The van der Waals surface area contributed by atoms with Crippen molar-refractivity contribution in [2.45, 2.75) is 33.4 Å². The van der Waals surface area contributed by atoms with E-state index in [9.17, 15) is 4.79 Å². The molecule has 0 saturated heterocycles. The van der Waals surface area contributed by atoms with Gasteiger partial charge >= 0.3 is 0 Å². The van der Waals surface area contributed by atoms with Crippen molar-refractivity contribution in [3.05, 3.63) is 28.6 Å². The number of rotatable bonds is 4. The van der Waals surface area contributed by atoms with E-state index in [0.717, 1.165) is 0 Å². The second-order valence-electron chi connectivity index (χ2n) is 4.50. The van der Waals surface area contributed by atoms with E-state index in [1.807, 2.05) is 13.8 Å². The molecule has 0 aliphatic rings. The van der Waals surface area contributed by atoms with Gasteiger partial charge < -0.3 is 5.32 Å². The molecule has 0 unspecified atom stereocenters. The van der Waals surface area contributed by atoms with Gasteiger partial charge in [0.25, 0.3) is 5.91 Å². The Morgan fingerprint density at radius 3 is 2.80 bits per heavy atom. The minimum absolute atomic E-state index is 0.267. The van der Waals surface area contributed by atoms with Crippen LogP contribution < -0.4 is 5.32 Å². The van der Waals surface area contributed by atoms with Crippen LogP contribution in [0.15, 0.2) is 6.33 Å². The molecule has 2 heterocycles. The lowest BCUT2D eigenvalue weighted by molar-refractivity contribution is 0.0928. The number of carbonyl (C=O) groups excluding carboxylic acids is 1. The molecule has 0 radical (unpaired) electrons. The molecule has 0 fully saturated rings. The zero-order valence-electron chi connectivity index (χ0n) is 11.9. The molecular formula is C12H17ClN6O. The van der Waals surface area contributed by atoms with Crippen LogP contribution in [0.2, 0.25) is 5.02 Å². The van der Waals surface area contributed by atoms with Crippen LogP contribution in [0, 0.1) is 6.92 Å². The van der Waals surface area contributed by atoms with E-state index in [1.165, 1.54) is 11.0 Å². The third kappa shape index (κ3) is 2.53. The van der Waals surface area contributed by atoms with Gasteiger partial charge in [-0.3, -0.25) is 9.48 Å². The van der Waals surface area contributed by atoms with E-state index in [2.05, 4.69) is 20.5 Å². The van der Waals surface area contributed by atoms with Crippen molar-refractivity contribution < 1.29 is 4.79 Å². The molecule has 2 rings (SSSR count). The van der Waals surface area contributed by atoms with Crippen molar-refractivity contribution in [3.8, 4) is 0 Å². The Hall–Kier alpha value is -1.89. The summed E-state index contributed by atoms with van der Waals surface area (Å²) in [4.78, 5) is 16.5. The van der Waals surface area contributed by atoms with Gasteiger partial charge in [0.1, 0.15) is 17.8 Å². The Morgan fingerprint density at radius 2 is 2.25 bits per heavy atom. The normalized spacial score (nSPS) is 12.4. The average molecular weight is 297 g/mol. The summed E-state index contributed by atoms with van der Waals surface area (Å²) < 4.78 is 3.21. The minimum atomic E-state index is -0.281. The van der Waals surface area contributed by atoms with Crippen molar-refractivity contribution in [2.75, 3.05) is 0 Å². The molecule has 0 aromatic carbocycles. The molecule has 20 heavy (non-hydrogen) atoms. The van der Waals surface area contributed by atoms with Crippen LogP contribution in [0.5, 0.6) is 0 Å². The highest BCUT2D eigenvalue weighted by atomic mass is 35.5. The SMILES string of the molecule is CCn1ncnc1[C@H](C)NC(=O)c1c(Cl)c(C)nn1C. The van der Waals surface area contributed by atoms with Gasteiger partial charge in [-0.1, -0.05) is 11.6 Å². The molecule has 0 aliphatic carbocycles. The molecule has 1 atom stereocenters. The van der Waals surface area contributed by atoms with Crippen LogP contribution in [-0.2, 0) is 13.6 Å². The number of aryl methyl sites for hydroxylation is 3. The smallest absolute Gasteiger partial charge is 0.271 e. The number of halogens is 1. The summed E-state index contributed by atoms with van der Waals surface area (Å²) in [6, 6.07) is -0.267. The molecule has 0 saturated carbocycles. The van der Waals surface area contributed by atoms with Crippen LogP contribution >= 0.6 is 11.6 Å². The lowest BCUT2D eigenvalue weighted by Gasteiger charge is -2.14. The van der Waals surface area contributed by atoms with E-state index >= 15 is 0 Å². The molecule has 108 valence electrons. The Bertz CT molecular complexity index is 632. The van der Waals surface area contributed by atoms with Crippen molar-refractivity contribution in [2.24, 2.45) is 7.05 Å². The fourth-order valence-corrected chi connectivity index (χ4v) is 2.31. The first-order valence-electron chi connectivity index (χ1n) is 6.33. The summed E-state index contributed by atoms with van der Waals surface area (Å²) in [6.07, 6.45) is 1.47. The fraction of sp³-hybridized carbons (Fsp3) is 0.500. The fourth-order valence-electron chi connectivity index (χ4n) is 2.06. The summed E-state index contributed by atoms with van der Waals surface area (Å²) >= 11 is 6.10. The van der Waals surface area contributed by atoms with Crippen LogP contribution in [0.25, 0.3) is 0 Å². The van der Waals surface area contributed by atoms with Crippen molar-refractivity contribution in [1.29, 1.82) is 0 Å². The van der Waals surface area contributed by atoms with E-state index in [1.54, 1.807) is 18.7 Å². The van der Waals surface area contributed by atoms with Gasteiger partial charge in [-0.05, 0) is 20.8 Å². The van der Waals surface area contributed by atoms with Gasteiger partial charge in [-0.2, -0.15) is 10.2 Å². The van der Waals surface area contributed by atoms with Gasteiger partial charge in [0.15, 0.2) is 0 Å². The maximum atomic E-state index is 12.3. The lowest BCUT2D eigenvalue weighted by atomic mass is 10.2. The molecule has 0 bridgehead atoms. The number of amides is 1. The monoisotopic (exact) mass is 296 g/mol. The van der Waals surface area contributed by atoms with Crippen LogP contribution in [0.4, 0.5) is 0 Å². The van der Waals surface area contributed by atoms with Gasteiger partial charge in [0.05, 0.1) is 16.8 Å². The highest BCUT2D eigenvalue weighted by Crippen LogP contribution is 2.20. The zero-order valence-corrected chi connectivity index (χ0v) is 12.6. The van der Waals surface area contributed by atoms with E-state index in [4.69, 9.17) is 11.6 Å². The number of hydrogen-bond acceptors (Lipinski definition) is 4. The average Bonchev–Trinajstić information content (AvgIpc) is 2.95. The molecule has 0 spiro atoms. The Balaban J connectivity index is 2.19. The number of nitrogens with one attached hydrogen (secondary N) is 1. The van der Waals surface area contributed by atoms with Crippen molar-refractivity contribution in [1.82, 2.24) is 29.9 Å². The largest absolute Gasteiger partial charge is 0.341 e. The summed E-state index contributed by atoms with van der Waals surface area (Å²) in [5, 5.41) is 11.4. The number of hydrogen-bond donors (Lipinski definition) is 1. The summed E-state index contributed by atoms with van der Waals surface area (Å²) in [6.45, 7) is 6.27. The molecule has 2 aromatic rings. The third-order valence-electron chi connectivity index (χ3n) is 3.04. The molecule has 8 heteroatoms. The quantitative estimate of drug-likeness (QED) is 0.927. The molecular weight excluding hydrogens is 280 g/mol. The maximum absolute atomic E-state index is 12.3. The molecule has 2 aromatic heterocycles. The molecule has 0 aliphatic heterocycles. The van der Waals surface area contributed by atoms with E-state index in [-0.39, 0.29) is 11.9 Å². The summed E-state index contributed by atoms with van der Waals surface area (Å²) in [5.41, 5.74) is 0.974. The predicted molar refractivity (Wildman–Crippen MR) is 74.5 cm³/mol. The predicted octanol–water partition coefficient (Wildman–Crippen LogP) is 1.48. The second kappa shape index (κ2) is 5.62. The third-order valence-corrected chi connectivity index (χ3v) is 3.50. The van der Waals surface area contributed by atoms with Crippen LogP contribution in [0.3, 0.4) is 0 Å². The standard InChI is InChI=1S/C12H17ClN6O/c1-5-19-11(14-6-15-19)8(3)16-12(20)10-9(13)7(2)17-18(10)4/h6,8H,5H2,1-4H3,(H,16,20)/t8-/m0/s1. The molecule has 1 N–H and O–H groups in total. The number of aromatic nitrogens is 5. The van der Waals surface area contributed by atoms with Crippen molar-refractivity contribution >= 4 is 17.5 Å². The summed E-state index contributed by atoms with van der Waals surface area (Å²) in [7, 11) is 1.69. The van der Waals surface area contributed by atoms with E-state index in [0.29, 0.717) is 28.8 Å². The van der Waals surface area contributed by atoms with Gasteiger partial charge in [0.2, 0.25) is 0 Å². The first-order chi connectivity index (χ1) is 9.45. The Labute approximate surface area is 121 Å². The Morgan fingerprint density at radius 1 is 1.55 bits per heavy atom. The highest BCUT2D eigenvalue weighted by molar-refractivity contribution is 6.34. The van der Waals surface area contributed by atoms with Gasteiger partial charge in [-0.15, -0.1) is 0 Å². The first kappa shape index (κ1) is 14.5. The topological polar surface area (TPSA) is 77.6 Å². The zero-order chi connectivity index (χ0) is 14.9. The van der Waals surface area contributed by atoms with Gasteiger partial charge in [0, 0.05) is 13.6 Å². The number of nitrogens with zero attached hydrogens (tertiary/aromatic N) is 5. The van der Waals surface area contributed by atoms with Gasteiger partial charge in [-0.25, -0.2) is 9.67 Å². The number of carbonyl (C=O) groups is 1. The molecule has 7 nitrogen and oxygen atoms in total. The van der Waals surface area contributed by atoms with Crippen LogP contribution in [0.1, 0.15) is 41.9 Å².